The zero-order chi connectivity index (χ0) is 10.8. The highest BCUT2D eigenvalue weighted by molar-refractivity contribution is 8.13. The second-order valence-electron chi connectivity index (χ2n) is 2.49. The summed E-state index contributed by atoms with van der Waals surface area (Å²) < 4.78 is 26.5. The van der Waals surface area contributed by atoms with Gasteiger partial charge in [-0.1, -0.05) is 11.6 Å². The second kappa shape index (κ2) is 4.33. The lowest BCUT2D eigenvalue weighted by Crippen LogP contribution is -2.00. The molecule has 0 radical (unpaired) electrons. The van der Waals surface area contributed by atoms with Crippen molar-refractivity contribution in [1.29, 1.82) is 0 Å². The van der Waals surface area contributed by atoms with Crippen molar-refractivity contribution in [2.24, 2.45) is 0 Å². The molecule has 7 heteroatoms. The monoisotopic (exact) mass is 255 g/mol. The summed E-state index contributed by atoms with van der Waals surface area (Å²) in [6.07, 6.45) is 0. The lowest BCUT2D eigenvalue weighted by atomic mass is 10.3. The van der Waals surface area contributed by atoms with Crippen LogP contribution in [0, 0.1) is 0 Å². The molecule has 0 saturated carbocycles. The van der Waals surface area contributed by atoms with E-state index in [1.54, 1.807) is 0 Å². The van der Waals surface area contributed by atoms with E-state index in [1.807, 2.05) is 0 Å². The second-order valence-corrected chi connectivity index (χ2v) is 5.65. The van der Waals surface area contributed by atoms with Crippen LogP contribution in [0.25, 0.3) is 0 Å². The maximum Gasteiger partial charge on any atom is 0.236 e. The van der Waals surface area contributed by atoms with Gasteiger partial charge in [-0.3, -0.25) is 0 Å². The van der Waals surface area contributed by atoms with Gasteiger partial charge >= 0.3 is 0 Å². The molecule has 1 heterocycles. The molecule has 0 aromatic carbocycles. The fourth-order valence-electron chi connectivity index (χ4n) is 0.919. The predicted octanol–water partition coefficient (Wildman–Crippen LogP) is 1.81. The summed E-state index contributed by atoms with van der Waals surface area (Å²) in [6, 6.07) is 2.98. The summed E-state index contributed by atoms with van der Waals surface area (Å²) in [4.78, 5) is 3.80. The summed E-state index contributed by atoms with van der Waals surface area (Å²) in [5.74, 6) is -0.163. The van der Waals surface area contributed by atoms with Crippen LogP contribution in [-0.4, -0.2) is 20.5 Å². The van der Waals surface area contributed by atoms with Crippen LogP contribution in [0.15, 0.2) is 12.1 Å². The number of pyridine rings is 1. The average Bonchev–Trinajstić information content (AvgIpc) is 2.06. The van der Waals surface area contributed by atoms with Crippen molar-refractivity contribution in [3.8, 4) is 5.88 Å². The molecule has 0 fully saturated rings. The van der Waals surface area contributed by atoms with Crippen molar-refractivity contribution in [3.05, 3.63) is 22.8 Å². The summed E-state index contributed by atoms with van der Waals surface area (Å²) in [7, 11) is 2.86. The molecular weight excluding hydrogens is 249 g/mol. The van der Waals surface area contributed by atoms with Crippen LogP contribution in [0.5, 0.6) is 5.88 Å². The normalized spacial score (nSPS) is 11.4. The molecule has 0 unspecified atom stereocenters. The Balaban J connectivity index is 3.09. The molecular formula is C7H7Cl2NO3S. The molecule has 4 nitrogen and oxygen atoms in total. The van der Waals surface area contributed by atoms with Crippen LogP contribution in [0.1, 0.15) is 5.56 Å². The summed E-state index contributed by atoms with van der Waals surface area (Å²) >= 11 is 5.59. The van der Waals surface area contributed by atoms with Crippen molar-refractivity contribution >= 4 is 31.3 Å². The molecule has 0 saturated heterocycles. The molecule has 0 aliphatic carbocycles. The molecule has 0 aliphatic rings. The van der Waals surface area contributed by atoms with E-state index in [4.69, 9.17) is 27.0 Å². The van der Waals surface area contributed by atoms with E-state index in [1.165, 1.54) is 19.2 Å². The number of ether oxygens (including phenoxy) is 1. The third-order valence-electron chi connectivity index (χ3n) is 1.43. The molecule has 0 spiro atoms. The van der Waals surface area contributed by atoms with Gasteiger partial charge < -0.3 is 4.74 Å². The van der Waals surface area contributed by atoms with Crippen LogP contribution < -0.4 is 4.74 Å². The molecule has 0 amide bonds. The van der Waals surface area contributed by atoms with Crippen LogP contribution in [0.2, 0.25) is 5.15 Å². The molecule has 0 N–H and O–H groups in total. The van der Waals surface area contributed by atoms with Crippen LogP contribution in [-0.2, 0) is 14.8 Å². The molecule has 1 rings (SSSR count). The van der Waals surface area contributed by atoms with Gasteiger partial charge in [-0.2, -0.15) is 0 Å². The lowest BCUT2D eigenvalue weighted by molar-refractivity contribution is 0.394. The first kappa shape index (κ1) is 11.6. The lowest BCUT2D eigenvalue weighted by Gasteiger charge is -2.05. The van der Waals surface area contributed by atoms with Gasteiger partial charge in [0.2, 0.25) is 14.9 Å². The van der Waals surface area contributed by atoms with Crippen LogP contribution in [0.4, 0.5) is 0 Å². The molecule has 0 bridgehead atoms. The van der Waals surface area contributed by atoms with E-state index in [-0.39, 0.29) is 16.8 Å². The van der Waals surface area contributed by atoms with Gasteiger partial charge in [-0.05, 0) is 12.1 Å². The molecule has 78 valence electrons. The van der Waals surface area contributed by atoms with Gasteiger partial charge in [-0.25, -0.2) is 13.4 Å². The number of hydrogen-bond donors (Lipinski definition) is 0. The van der Waals surface area contributed by atoms with E-state index >= 15 is 0 Å². The number of methoxy groups -OCH3 is 1. The van der Waals surface area contributed by atoms with Gasteiger partial charge in [0, 0.05) is 16.2 Å². The van der Waals surface area contributed by atoms with Gasteiger partial charge in [0.15, 0.2) is 0 Å². The summed E-state index contributed by atoms with van der Waals surface area (Å²) in [5, 5.41) is 0.234. The Bertz CT molecular complexity index is 433. The van der Waals surface area contributed by atoms with E-state index in [0.29, 0.717) is 5.56 Å². The van der Waals surface area contributed by atoms with Crippen molar-refractivity contribution in [1.82, 2.24) is 4.98 Å². The highest BCUT2D eigenvalue weighted by Gasteiger charge is 2.13. The first-order chi connectivity index (χ1) is 6.42. The van der Waals surface area contributed by atoms with Crippen molar-refractivity contribution in [3.63, 3.8) is 0 Å². The standard InChI is InChI=1S/C7H7Cl2NO3S/c1-13-7-5(4-14(9,11)12)2-3-6(8)10-7/h2-3H,4H2,1H3. The first-order valence-electron chi connectivity index (χ1n) is 3.54. The Morgan fingerprint density at radius 3 is 2.64 bits per heavy atom. The zero-order valence-electron chi connectivity index (χ0n) is 7.20. The fourth-order valence-corrected chi connectivity index (χ4v) is 2.00. The fraction of sp³-hybridized carbons (Fsp3) is 0.286. The molecule has 1 aromatic rings. The number of hydrogen-bond acceptors (Lipinski definition) is 4. The Hall–Kier alpha value is -0.520. The zero-order valence-corrected chi connectivity index (χ0v) is 9.53. The molecule has 0 atom stereocenters. The summed E-state index contributed by atoms with van der Waals surface area (Å²) in [5.41, 5.74) is 0.381. The Labute approximate surface area is 91.2 Å². The maximum absolute atomic E-state index is 10.8. The maximum atomic E-state index is 10.8. The minimum Gasteiger partial charge on any atom is -0.481 e. The number of nitrogens with zero attached hydrogens (tertiary/aromatic N) is 1. The topological polar surface area (TPSA) is 56.3 Å². The third kappa shape index (κ3) is 3.32. The number of aromatic nitrogens is 1. The van der Waals surface area contributed by atoms with Crippen LogP contribution in [0.3, 0.4) is 0 Å². The van der Waals surface area contributed by atoms with Gasteiger partial charge in [0.05, 0.1) is 12.9 Å². The first-order valence-corrected chi connectivity index (χ1v) is 6.40. The largest absolute Gasteiger partial charge is 0.481 e. The Morgan fingerprint density at radius 1 is 1.50 bits per heavy atom. The van der Waals surface area contributed by atoms with E-state index in [0.717, 1.165) is 0 Å². The number of rotatable bonds is 3. The summed E-state index contributed by atoms with van der Waals surface area (Å²) in [6.45, 7) is 0. The van der Waals surface area contributed by atoms with Gasteiger partial charge in [-0.15, -0.1) is 0 Å². The SMILES string of the molecule is COc1nc(Cl)ccc1CS(=O)(=O)Cl. The third-order valence-corrected chi connectivity index (χ3v) is 2.62. The van der Waals surface area contributed by atoms with Gasteiger partial charge in [0.1, 0.15) is 5.15 Å². The predicted molar refractivity (Wildman–Crippen MR) is 54.3 cm³/mol. The Morgan fingerprint density at radius 2 is 2.14 bits per heavy atom. The van der Waals surface area contributed by atoms with E-state index in [9.17, 15) is 8.42 Å². The van der Waals surface area contributed by atoms with Crippen LogP contribution >= 0.6 is 22.3 Å². The smallest absolute Gasteiger partial charge is 0.236 e. The van der Waals surface area contributed by atoms with E-state index < -0.39 is 9.05 Å². The molecule has 0 aliphatic heterocycles. The highest BCUT2D eigenvalue weighted by atomic mass is 35.7. The minimum absolute atomic E-state index is 0.168. The average molecular weight is 256 g/mol. The quantitative estimate of drug-likeness (QED) is 0.611. The van der Waals surface area contributed by atoms with Crippen molar-refractivity contribution in [2.45, 2.75) is 5.75 Å². The van der Waals surface area contributed by atoms with Gasteiger partial charge in [0.25, 0.3) is 0 Å². The number of halogens is 2. The van der Waals surface area contributed by atoms with E-state index in [2.05, 4.69) is 4.98 Å². The van der Waals surface area contributed by atoms with Crippen molar-refractivity contribution < 1.29 is 13.2 Å². The minimum atomic E-state index is -3.61. The highest BCUT2D eigenvalue weighted by Crippen LogP contribution is 2.21. The molecule has 1 aromatic heterocycles. The molecule has 14 heavy (non-hydrogen) atoms. The van der Waals surface area contributed by atoms with Crippen molar-refractivity contribution in [2.75, 3.05) is 7.11 Å². The Kier molecular flexibility index (Phi) is 3.58.